The van der Waals surface area contributed by atoms with Gasteiger partial charge in [0, 0.05) is 0 Å². The number of hydrogen-bond acceptors (Lipinski definition) is 5. The molecule has 1 aromatic rings. The van der Waals surface area contributed by atoms with E-state index in [1.165, 1.54) is 6.20 Å². The van der Waals surface area contributed by atoms with Crippen LogP contribution >= 0.6 is 0 Å². The van der Waals surface area contributed by atoms with Gasteiger partial charge in [-0.2, -0.15) is 10.4 Å². The molecule has 1 aromatic heterocycles. The fourth-order valence-corrected chi connectivity index (χ4v) is 1.00. The van der Waals surface area contributed by atoms with E-state index in [0.717, 1.165) is 0 Å². The molecule has 0 aliphatic carbocycles. The minimum absolute atomic E-state index is 0.133. The topological polar surface area (TPSA) is 108 Å². The summed E-state index contributed by atoms with van der Waals surface area (Å²) < 4.78 is 4.75. The predicted octanol–water partition coefficient (Wildman–Crippen LogP) is 0.439. The molecule has 0 spiro atoms. The van der Waals surface area contributed by atoms with Gasteiger partial charge >= 0.3 is 5.97 Å². The van der Waals surface area contributed by atoms with E-state index in [4.69, 9.17) is 10.00 Å². The number of hydrogen-bond donors (Lipinski definition) is 2. The summed E-state index contributed by atoms with van der Waals surface area (Å²) in [6.07, 6.45) is 0.960. The van der Waals surface area contributed by atoms with Crippen molar-refractivity contribution in [1.29, 1.82) is 5.26 Å². The van der Waals surface area contributed by atoms with E-state index < -0.39 is 11.9 Å². The lowest BCUT2D eigenvalue weighted by Gasteiger charge is -2.03. The summed E-state index contributed by atoms with van der Waals surface area (Å²) in [6, 6.07) is 1.69. The Morgan fingerprint density at radius 1 is 1.69 bits per heavy atom. The Labute approximate surface area is 91.4 Å². The van der Waals surface area contributed by atoms with Gasteiger partial charge in [0.05, 0.1) is 18.9 Å². The van der Waals surface area contributed by atoms with Gasteiger partial charge in [0.2, 0.25) is 5.91 Å². The second-order valence-electron chi connectivity index (χ2n) is 2.76. The van der Waals surface area contributed by atoms with Crippen molar-refractivity contribution in [2.24, 2.45) is 0 Å². The van der Waals surface area contributed by atoms with Crippen LogP contribution in [0, 0.1) is 11.3 Å². The highest BCUT2D eigenvalue weighted by molar-refractivity contribution is 6.00. The van der Waals surface area contributed by atoms with Gasteiger partial charge in [-0.15, -0.1) is 0 Å². The molecule has 0 radical (unpaired) electrons. The van der Waals surface area contributed by atoms with Gasteiger partial charge in [0.1, 0.15) is 17.8 Å². The highest BCUT2D eigenvalue weighted by atomic mass is 16.5. The van der Waals surface area contributed by atoms with E-state index in [2.05, 4.69) is 15.5 Å². The lowest BCUT2D eigenvalue weighted by molar-refractivity contribution is -0.115. The number of aromatic nitrogens is 2. The van der Waals surface area contributed by atoms with Crippen LogP contribution in [0.3, 0.4) is 0 Å². The number of H-pyrrole nitrogens is 1. The highest BCUT2D eigenvalue weighted by Gasteiger charge is 2.16. The van der Waals surface area contributed by atoms with E-state index in [1.807, 2.05) is 0 Å². The number of esters is 1. The number of nitrogens with zero attached hydrogens (tertiary/aromatic N) is 2. The third-order valence-corrected chi connectivity index (χ3v) is 1.64. The molecule has 7 heteroatoms. The van der Waals surface area contributed by atoms with Crippen LogP contribution in [0.15, 0.2) is 6.20 Å². The summed E-state index contributed by atoms with van der Waals surface area (Å²) in [7, 11) is 0. The molecule has 2 N–H and O–H groups in total. The first kappa shape index (κ1) is 11.7. The van der Waals surface area contributed by atoms with Crippen LogP contribution in [-0.4, -0.2) is 28.7 Å². The number of nitriles is 1. The average Bonchev–Trinajstić information content (AvgIpc) is 2.66. The number of nitrogens with one attached hydrogen (secondary N) is 2. The van der Waals surface area contributed by atoms with Gasteiger partial charge in [-0.05, 0) is 6.92 Å². The van der Waals surface area contributed by atoms with Crippen LogP contribution in [0.1, 0.15) is 23.7 Å². The standard InChI is InChI=1S/C9H10N4O3/c1-2-16-9(15)6-5-11-13-8(6)12-7(14)3-4-10/h5H,2-3H2,1H3,(H2,11,12,13,14). The van der Waals surface area contributed by atoms with Crippen LogP contribution in [-0.2, 0) is 9.53 Å². The fraction of sp³-hybridized carbons (Fsp3) is 0.333. The Balaban J connectivity index is 2.75. The van der Waals surface area contributed by atoms with Crippen molar-refractivity contribution in [3.63, 3.8) is 0 Å². The number of ether oxygens (including phenoxy) is 1. The maximum atomic E-state index is 11.4. The lowest BCUT2D eigenvalue weighted by Crippen LogP contribution is -2.14. The fourth-order valence-electron chi connectivity index (χ4n) is 1.00. The summed E-state index contributed by atoms with van der Waals surface area (Å²) in [5.74, 6) is -0.959. The van der Waals surface area contributed by atoms with Crippen LogP contribution < -0.4 is 5.32 Å². The van der Waals surface area contributed by atoms with Gasteiger partial charge in [0.15, 0.2) is 0 Å². The first-order valence-electron chi connectivity index (χ1n) is 4.56. The van der Waals surface area contributed by atoms with Crippen molar-refractivity contribution in [2.75, 3.05) is 11.9 Å². The highest BCUT2D eigenvalue weighted by Crippen LogP contribution is 2.12. The normalized spacial score (nSPS) is 9.25. The Morgan fingerprint density at radius 2 is 2.44 bits per heavy atom. The zero-order valence-electron chi connectivity index (χ0n) is 8.61. The maximum absolute atomic E-state index is 11.4. The summed E-state index contributed by atoms with van der Waals surface area (Å²) in [6.45, 7) is 1.90. The van der Waals surface area contributed by atoms with Crippen molar-refractivity contribution >= 4 is 17.7 Å². The third kappa shape index (κ3) is 2.81. The number of anilines is 1. The molecule has 16 heavy (non-hydrogen) atoms. The minimum atomic E-state index is -0.580. The summed E-state index contributed by atoms with van der Waals surface area (Å²) in [4.78, 5) is 22.5. The molecule has 0 fully saturated rings. The molecular formula is C9H10N4O3. The van der Waals surface area contributed by atoms with Crippen molar-refractivity contribution in [2.45, 2.75) is 13.3 Å². The Hall–Kier alpha value is -2.36. The molecule has 0 aliphatic rings. The predicted molar refractivity (Wildman–Crippen MR) is 53.4 cm³/mol. The zero-order valence-corrected chi connectivity index (χ0v) is 8.61. The monoisotopic (exact) mass is 222 g/mol. The number of carbonyl (C=O) groups excluding carboxylic acids is 2. The van der Waals surface area contributed by atoms with E-state index in [0.29, 0.717) is 0 Å². The lowest BCUT2D eigenvalue weighted by atomic mass is 10.3. The largest absolute Gasteiger partial charge is 0.462 e. The summed E-state index contributed by atoms with van der Waals surface area (Å²) in [5, 5.41) is 16.7. The number of aromatic amines is 1. The second kappa shape index (κ2) is 5.50. The van der Waals surface area contributed by atoms with Crippen LogP contribution in [0.4, 0.5) is 5.82 Å². The van der Waals surface area contributed by atoms with Crippen molar-refractivity contribution in [1.82, 2.24) is 10.2 Å². The molecule has 0 atom stereocenters. The van der Waals surface area contributed by atoms with Crippen molar-refractivity contribution < 1.29 is 14.3 Å². The minimum Gasteiger partial charge on any atom is -0.462 e. The molecule has 0 unspecified atom stereocenters. The average molecular weight is 222 g/mol. The molecule has 0 aliphatic heterocycles. The van der Waals surface area contributed by atoms with Gasteiger partial charge in [-0.3, -0.25) is 9.89 Å². The van der Waals surface area contributed by atoms with E-state index in [1.54, 1.807) is 13.0 Å². The molecule has 1 heterocycles. The quantitative estimate of drug-likeness (QED) is 0.718. The summed E-state index contributed by atoms with van der Waals surface area (Å²) >= 11 is 0. The molecular weight excluding hydrogens is 212 g/mol. The van der Waals surface area contributed by atoms with E-state index in [-0.39, 0.29) is 24.4 Å². The Bertz CT molecular complexity index is 432. The SMILES string of the molecule is CCOC(=O)c1cn[nH]c1NC(=O)CC#N. The van der Waals surface area contributed by atoms with Crippen LogP contribution in [0.2, 0.25) is 0 Å². The number of rotatable bonds is 4. The second-order valence-corrected chi connectivity index (χ2v) is 2.76. The van der Waals surface area contributed by atoms with Gasteiger partial charge < -0.3 is 10.1 Å². The molecule has 1 amide bonds. The van der Waals surface area contributed by atoms with Crippen LogP contribution in [0.5, 0.6) is 0 Å². The molecule has 0 saturated heterocycles. The third-order valence-electron chi connectivity index (χ3n) is 1.64. The molecule has 0 saturated carbocycles. The van der Waals surface area contributed by atoms with Gasteiger partial charge in [-0.1, -0.05) is 0 Å². The molecule has 7 nitrogen and oxygen atoms in total. The number of amides is 1. The smallest absolute Gasteiger partial charge is 0.343 e. The zero-order chi connectivity index (χ0) is 12.0. The Morgan fingerprint density at radius 3 is 3.06 bits per heavy atom. The first-order chi connectivity index (χ1) is 7.69. The molecule has 0 aromatic carbocycles. The van der Waals surface area contributed by atoms with Crippen molar-refractivity contribution in [3.05, 3.63) is 11.8 Å². The Kier molecular flexibility index (Phi) is 4.03. The molecule has 84 valence electrons. The molecule has 0 bridgehead atoms. The van der Waals surface area contributed by atoms with Crippen LogP contribution in [0.25, 0.3) is 0 Å². The maximum Gasteiger partial charge on any atom is 0.343 e. The van der Waals surface area contributed by atoms with Gasteiger partial charge in [-0.25, -0.2) is 4.79 Å². The van der Waals surface area contributed by atoms with Crippen molar-refractivity contribution in [3.8, 4) is 6.07 Å². The van der Waals surface area contributed by atoms with E-state index in [9.17, 15) is 9.59 Å². The molecule has 1 rings (SSSR count). The first-order valence-corrected chi connectivity index (χ1v) is 4.56. The van der Waals surface area contributed by atoms with E-state index >= 15 is 0 Å². The number of carbonyl (C=O) groups is 2. The summed E-state index contributed by atoms with van der Waals surface area (Å²) in [5.41, 5.74) is 0.133. The van der Waals surface area contributed by atoms with Gasteiger partial charge in [0.25, 0.3) is 0 Å².